The highest BCUT2D eigenvalue weighted by Gasteiger charge is 2.45. The molecule has 5 amide bonds. The Morgan fingerprint density at radius 3 is 1.66 bits per heavy atom. The number of amides is 5. The van der Waals surface area contributed by atoms with E-state index >= 15 is 9.59 Å². The molecule has 0 spiro atoms. The molecule has 13 nitrogen and oxygen atoms in total. The van der Waals surface area contributed by atoms with Crippen LogP contribution in [0.3, 0.4) is 0 Å². The summed E-state index contributed by atoms with van der Waals surface area (Å²) in [4.78, 5) is 94.5. The van der Waals surface area contributed by atoms with E-state index in [-0.39, 0.29) is 96.1 Å². The molecule has 4 aromatic carbocycles. The van der Waals surface area contributed by atoms with Gasteiger partial charge in [-0.05, 0) is 136 Å². The Labute approximate surface area is 470 Å². The number of likely N-dealkylation sites (tertiary alicyclic amines) is 2. The average molecular weight is 1080 g/mol. The van der Waals surface area contributed by atoms with Gasteiger partial charge in [-0.1, -0.05) is 132 Å². The number of hydrogen-bond donors (Lipinski definition) is 2. The van der Waals surface area contributed by atoms with Crippen molar-refractivity contribution in [3.05, 3.63) is 119 Å². The van der Waals surface area contributed by atoms with Crippen LogP contribution in [0.5, 0.6) is 0 Å². The molecule has 8 rings (SSSR count). The van der Waals surface area contributed by atoms with Crippen LogP contribution in [0.4, 0.5) is 0 Å². The summed E-state index contributed by atoms with van der Waals surface area (Å²) < 4.78 is 6.09. The zero-order valence-corrected chi connectivity index (χ0v) is 48.2. The molecule has 79 heavy (non-hydrogen) atoms. The van der Waals surface area contributed by atoms with Crippen molar-refractivity contribution in [1.29, 1.82) is 0 Å². The molecule has 2 N–H and O–H groups in total. The first-order valence-corrected chi connectivity index (χ1v) is 30.1. The molecule has 0 aromatic heterocycles. The molecular weight excluding hydrogens is 989 g/mol. The van der Waals surface area contributed by atoms with E-state index in [4.69, 9.17) is 4.74 Å². The van der Waals surface area contributed by atoms with Crippen LogP contribution in [0.1, 0.15) is 149 Å². The number of rotatable bonds is 24. The van der Waals surface area contributed by atoms with Gasteiger partial charge in [0.2, 0.25) is 17.7 Å². The van der Waals surface area contributed by atoms with Crippen LogP contribution in [0, 0.1) is 29.6 Å². The lowest BCUT2D eigenvalue weighted by molar-refractivity contribution is -0.142. The van der Waals surface area contributed by atoms with Crippen LogP contribution in [0.25, 0.3) is 10.8 Å². The SMILES string of the molecule is CC[C@@H](C)C(=O)N[C@H](C(=O)N1CC[C@H](OC)[C@H]1CN(CCc1ccccc1)C(=O)c1ccc2cc(C(=O)N(CCc3ccccc3)C[C@@H]3[C@@H](C)CCN3C(=O)[C@@H](CC(=O)[C@H](C)NC)C3CCCCC3)ccc2c1)C1CCCCC1. The molecule has 13 heteroatoms. The molecule has 2 saturated heterocycles. The standard InChI is InChI=1S/C66H90N6O7/c1-7-45(2)62(74)68-61(51-26-18-11-19-27-51)66(78)72-39-35-60(79-6)58(72)44-70(37-34-49-22-14-9-15-23-49)64(76)55-31-29-52-40-54(30-28-53(52)41-55)63(75)69(36-33-48-20-12-8-13-21-48)43-57-46(3)32-38-71(57)65(77)56(42-59(73)47(4)67-5)50-24-16-10-17-25-50/h8-9,12-15,20-23,28-31,40-41,45-47,50-51,56-58,60-61,67H,7,10-11,16-19,24-27,32-39,42-44H2,1-6H3,(H,68,74)/t45-,46+,47+,56+,57-,58-,60+,61+/m1/s1. The van der Waals surface area contributed by atoms with Crippen molar-refractivity contribution in [2.24, 2.45) is 29.6 Å². The van der Waals surface area contributed by atoms with E-state index in [0.29, 0.717) is 69.5 Å². The Balaban J connectivity index is 1.04. The summed E-state index contributed by atoms with van der Waals surface area (Å²) in [5, 5.41) is 7.94. The molecule has 8 atom stereocenters. The Kier molecular flexibility index (Phi) is 21.3. The summed E-state index contributed by atoms with van der Waals surface area (Å²) >= 11 is 0. The fourth-order valence-electron chi connectivity index (χ4n) is 13.1. The smallest absolute Gasteiger partial charge is 0.253 e. The quantitative estimate of drug-likeness (QED) is 0.0705. The van der Waals surface area contributed by atoms with E-state index in [1.165, 1.54) is 0 Å². The van der Waals surface area contributed by atoms with Crippen LogP contribution in [-0.2, 0) is 36.8 Å². The fourth-order valence-corrected chi connectivity index (χ4v) is 13.1. The molecule has 2 aliphatic carbocycles. The summed E-state index contributed by atoms with van der Waals surface area (Å²) in [6.45, 7) is 10.5. The van der Waals surface area contributed by atoms with Gasteiger partial charge < -0.3 is 35.0 Å². The van der Waals surface area contributed by atoms with Crippen LogP contribution in [-0.4, -0.2) is 139 Å². The first-order valence-electron chi connectivity index (χ1n) is 30.1. The number of fused-ring (bicyclic) bond motifs is 1. The molecule has 0 bridgehead atoms. The summed E-state index contributed by atoms with van der Waals surface area (Å²) in [5.41, 5.74) is 3.25. The van der Waals surface area contributed by atoms with Gasteiger partial charge in [-0.2, -0.15) is 0 Å². The molecule has 2 saturated carbocycles. The van der Waals surface area contributed by atoms with Gasteiger partial charge in [0, 0.05) is 75.8 Å². The number of ether oxygens (including phenoxy) is 1. The van der Waals surface area contributed by atoms with Crippen LogP contribution < -0.4 is 10.6 Å². The van der Waals surface area contributed by atoms with Gasteiger partial charge in [0.05, 0.1) is 24.2 Å². The lowest BCUT2D eigenvalue weighted by Gasteiger charge is -2.38. The van der Waals surface area contributed by atoms with Crippen molar-refractivity contribution in [2.45, 2.75) is 161 Å². The number of benzene rings is 4. The first kappa shape index (κ1) is 59.2. The maximum atomic E-state index is 15.1. The van der Waals surface area contributed by atoms with Crippen molar-refractivity contribution in [3.8, 4) is 0 Å². The zero-order chi connectivity index (χ0) is 56.0. The molecule has 2 heterocycles. The second kappa shape index (κ2) is 28.5. The van der Waals surface area contributed by atoms with Crippen LogP contribution in [0.2, 0.25) is 0 Å². The second-order valence-corrected chi connectivity index (χ2v) is 23.7. The van der Waals surface area contributed by atoms with E-state index in [9.17, 15) is 19.2 Å². The van der Waals surface area contributed by atoms with E-state index in [1.807, 2.05) is 113 Å². The Bertz CT molecular complexity index is 2670. The predicted molar refractivity (Wildman–Crippen MR) is 312 cm³/mol. The summed E-state index contributed by atoms with van der Waals surface area (Å²) in [6, 6.07) is 30.0. The Morgan fingerprint density at radius 1 is 0.633 bits per heavy atom. The normalized spacial score (nSPS) is 21.5. The van der Waals surface area contributed by atoms with E-state index in [1.54, 1.807) is 14.2 Å². The van der Waals surface area contributed by atoms with Crippen molar-refractivity contribution >= 4 is 46.1 Å². The lowest BCUT2D eigenvalue weighted by Crippen LogP contribution is -2.57. The Morgan fingerprint density at radius 2 is 1.14 bits per heavy atom. The van der Waals surface area contributed by atoms with Gasteiger partial charge in [-0.15, -0.1) is 0 Å². The number of methoxy groups -OCH3 is 1. The monoisotopic (exact) mass is 1080 g/mol. The largest absolute Gasteiger partial charge is 0.379 e. The number of carbonyl (C=O) groups excluding carboxylic acids is 6. The summed E-state index contributed by atoms with van der Waals surface area (Å²) in [7, 11) is 3.46. The maximum absolute atomic E-state index is 15.1. The first-order chi connectivity index (χ1) is 38.3. The minimum Gasteiger partial charge on any atom is -0.379 e. The third-order valence-corrected chi connectivity index (χ3v) is 18.6. The van der Waals surface area contributed by atoms with Crippen LogP contribution >= 0.6 is 0 Å². The minimum atomic E-state index is -0.633. The highest BCUT2D eigenvalue weighted by atomic mass is 16.5. The van der Waals surface area contributed by atoms with Gasteiger partial charge in [0.15, 0.2) is 0 Å². The molecule has 2 aliphatic heterocycles. The van der Waals surface area contributed by atoms with Gasteiger partial charge >= 0.3 is 0 Å². The molecule has 4 aliphatic rings. The van der Waals surface area contributed by atoms with Gasteiger partial charge in [-0.3, -0.25) is 28.8 Å². The molecular formula is C66H90N6O7. The highest BCUT2D eigenvalue weighted by molar-refractivity contribution is 6.02. The average Bonchev–Trinajstić information content (AvgIpc) is 4.17. The van der Waals surface area contributed by atoms with Crippen LogP contribution in [0.15, 0.2) is 97.1 Å². The fraction of sp³-hybridized carbons (Fsp3) is 0.576. The Hall–Kier alpha value is -5.92. The van der Waals surface area contributed by atoms with Gasteiger partial charge in [0.1, 0.15) is 11.8 Å². The van der Waals surface area contributed by atoms with Crippen molar-refractivity contribution in [1.82, 2.24) is 30.2 Å². The zero-order valence-electron chi connectivity index (χ0n) is 48.2. The third kappa shape index (κ3) is 14.9. The summed E-state index contributed by atoms with van der Waals surface area (Å²) in [6.07, 6.45) is 13.5. The second-order valence-electron chi connectivity index (χ2n) is 23.7. The van der Waals surface area contributed by atoms with Gasteiger partial charge in [-0.25, -0.2) is 0 Å². The molecule has 4 fully saturated rings. The number of hydrogen-bond acceptors (Lipinski definition) is 8. The lowest BCUT2D eigenvalue weighted by atomic mass is 9.76. The molecule has 4 aromatic rings. The number of ketones is 1. The number of Topliss-reactive ketones (excluding diaryl/α,β-unsaturated/α-hetero) is 1. The summed E-state index contributed by atoms with van der Waals surface area (Å²) in [5.74, 6) is -0.549. The molecule has 0 unspecified atom stereocenters. The topological polar surface area (TPSA) is 149 Å². The number of nitrogens with one attached hydrogen (secondary N) is 2. The molecule has 0 radical (unpaired) electrons. The van der Waals surface area contributed by atoms with E-state index < -0.39 is 12.1 Å². The van der Waals surface area contributed by atoms with Crippen molar-refractivity contribution < 1.29 is 33.5 Å². The van der Waals surface area contributed by atoms with Crippen molar-refractivity contribution in [2.75, 3.05) is 53.4 Å². The van der Waals surface area contributed by atoms with E-state index in [0.717, 1.165) is 92.5 Å². The molecule has 426 valence electrons. The van der Waals surface area contributed by atoms with E-state index in [2.05, 4.69) is 41.8 Å². The predicted octanol–water partition coefficient (Wildman–Crippen LogP) is 9.94. The van der Waals surface area contributed by atoms with Crippen molar-refractivity contribution in [3.63, 3.8) is 0 Å². The number of carbonyl (C=O) groups is 6. The maximum Gasteiger partial charge on any atom is 0.253 e. The minimum absolute atomic E-state index is 0.0512. The van der Waals surface area contributed by atoms with Gasteiger partial charge in [0.25, 0.3) is 11.8 Å². The third-order valence-electron chi connectivity index (χ3n) is 18.6. The number of nitrogens with zero attached hydrogens (tertiary/aromatic N) is 4. The number of likely N-dealkylation sites (N-methyl/N-ethyl adjacent to an activating group) is 1. The highest BCUT2D eigenvalue weighted by Crippen LogP contribution is 2.37.